The fourth-order valence-electron chi connectivity index (χ4n) is 4.25. The molecule has 140 valence electrons. The summed E-state index contributed by atoms with van der Waals surface area (Å²) in [7, 11) is 0. The van der Waals surface area contributed by atoms with Gasteiger partial charge in [-0.15, -0.1) is 0 Å². The Balaban J connectivity index is 1.65. The molecule has 2 aliphatic carbocycles. The third-order valence-electron chi connectivity index (χ3n) is 5.62. The smallest absolute Gasteiger partial charge is 0.227 e. The zero-order valence-corrected chi connectivity index (χ0v) is 16.1. The minimum absolute atomic E-state index is 0.462. The first-order valence-electron chi connectivity index (χ1n) is 9.99. The first-order chi connectivity index (χ1) is 13.1. The van der Waals surface area contributed by atoms with Gasteiger partial charge in [-0.05, 0) is 69.2 Å². The van der Waals surface area contributed by atoms with Crippen molar-refractivity contribution in [1.29, 1.82) is 5.26 Å². The van der Waals surface area contributed by atoms with E-state index in [1.54, 1.807) is 0 Å². The van der Waals surface area contributed by atoms with Gasteiger partial charge in [-0.3, -0.25) is 0 Å². The molecule has 0 unspecified atom stereocenters. The van der Waals surface area contributed by atoms with Crippen LogP contribution in [0.1, 0.15) is 66.5 Å². The Labute approximate surface area is 160 Å². The maximum atomic E-state index is 9.17. The van der Waals surface area contributed by atoms with Gasteiger partial charge in [0.25, 0.3) is 0 Å². The Morgan fingerprint density at radius 2 is 1.78 bits per heavy atom. The van der Waals surface area contributed by atoms with E-state index in [9.17, 15) is 0 Å². The standard InChI is InChI=1S/C22H26N4O/c1-14-11-16(13-23)12-15(2)20(14)27-21-18-9-6-10-19(18)25-22(26-21)24-17-7-4-3-5-8-17/h11-12,17H,3-10H2,1-2H3,(H,24,25,26). The summed E-state index contributed by atoms with van der Waals surface area (Å²) >= 11 is 0. The lowest BCUT2D eigenvalue weighted by molar-refractivity contribution is 0.444. The molecular formula is C22H26N4O. The van der Waals surface area contributed by atoms with Crippen LogP contribution in [-0.4, -0.2) is 16.0 Å². The summed E-state index contributed by atoms with van der Waals surface area (Å²) in [6, 6.07) is 6.40. The van der Waals surface area contributed by atoms with Crippen molar-refractivity contribution >= 4 is 5.95 Å². The van der Waals surface area contributed by atoms with Crippen molar-refractivity contribution in [2.75, 3.05) is 5.32 Å². The number of fused-ring (bicyclic) bond motifs is 1. The molecule has 0 spiro atoms. The number of hydrogen-bond acceptors (Lipinski definition) is 5. The van der Waals surface area contributed by atoms with E-state index in [2.05, 4.69) is 11.4 Å². The SMILES string of the molecule is Cc1cc(C#N)cc(C)c1Oc1nc(NC2CCCCC2)nc2c1CCC2. The fraction of sp³-hybridized carbons (Fsp3) is 0.500. The highest BCUT2D eigenvalue weighted by molar-refractivity contribution is 5.50. The molecule has 1 aromatic heterocycles. The minimum atomic E-state index is 0.462. The lowest BCUT2D eigenvalue weighted by Gasteiger charge is -2.23. The predicted molar refractivity (Wildman–Crippen MR) is 105 cm³/mol. The van der Waals surface area contributed by atoms with E-state index < -0.39 is 0 Å². The molecule has 1 saturated carbocycles. The topological polar surface area (TPSA) is 70.8 Å². The van der Waals surface area contributed by atoms with Crippen LogP contribution in [0.15, 0.2) is 12.1 Å². The quantitative estimate of drug-likeness (QED) is 0.829. The molecule has 0 radical (unpaired) electrons. The first-order valence-corrected chi connectivity index (χ1v) is 9.99. The highest BCUT2D eigenvalue weighted by atomic mass is 16.5. The molecule has 1 heterocycles. The molecule has 5 heteroatoms. The summed E-state index contributed by atoms with van der Waals surface area (Å²) in [6.45, 7) is 3.96. The Bertz CT molecular complexity index is 871. The van der Waals surface area contributed by atoms with Crippen molar-refractivity contribution in [3.8, 4) is 17.7 Å². The Kier molecular flexibility index (Phi) is 4.98. The number of nitriles is 1. The van der Waals surface area contributed by atoms with E-state index in [-0.39, 0.29) is 0 Å². The molecule has 0 saturated heterocycles. The van der Waals surface area contributed by atoms with Gasteiger partial charge < -0.3 is 10.1 Å². The van der Waals surface area contributed by atoms with Gasteiger partial charge in [0.2, 0.25) is 11.8 Å². The largest absolute Gasteiger partial charge is 0.438 e. The monoisotopic (exact) mass is 362 g/mol. The van der Waals surface area contributed by atoms with Gasteiger partial charge in [0, 0.05) is 11.6 Å². The molecule has 0 aliphatic heterocycles. The molecule has 5 nitrogen and oxygen atoms in total. The van der Waals surface area contributed by atoms with Gasteiger partial charge in [0.15, 0.2) is 0 Å². The average molecular weight is 362 g/mol. The first kappa shape index (κ1) is 17.8. The van der Waals surface area contributed by atoms with E-state index in [4.69, 9.17) is 20.0 Å². The second-order valence-corrected chi connectivity index (χ2v) is 7.76. The molecule has 2 aromatic rings. The van der Waals surface area contributed by atoms with E-state index in [1.165, 1.54) is 32.1 Å². The lowest BCUT2D eigenvalue weighted by atomic mass is 9.96. The number of nitrogens with one attached hydrogen (secondary N) is 1. The zero-order valence-electron chi connectivity index (χ0n) is 16.1. The second kappa shape index (κ2) is 7.56. The second-order valence-electron chi connectivity index (χ2n) is 7.76. The summed E-state index contributed by atoms with van der Waals surface area (Å²) in [6.07, 6.45) is 9.29. The summed E-state index contributed by atoms with van der Waals surface area (Å²) in [4.78, 5) is 9.53. The van der Waals surface area contributed by atoms with Crippen LogP contribution in [0.5, 0.6) is 11.6 Å². The molecule has 1 fully saturated rings. The van der Waals surface area contributed by atoms with Gasteiger partial charge in [0.05, 0.1) is 17.3 Å². The third-order valence-corrected chi connectivity index (χ3v) is 5.62. The summed E-state index contributed by atoms with van der Waals surface area (Å²) in [5.41, 5.74) is 4.82. The van der Waals surface area contributed by atoms with Crippen molar-refractivity contribution in [3.05, 3.63) is 40.1 Å². The highest BCUT2D eigenvalue weighted by Gasteiger charge is 2.23. The van der Waals surface area contributed by atoms with Crippen LogP contribution in [-0.2, 0) is 12.8 Å². The predicted octanol–water partition coefficient (Wildman–Crippen LogP) is 4.99. The van der Waals surface area contributed by atoms with Gasteiger partial charge in [-0.1, -0.05) is 19.3 Å². The molecule has 0 amide bonds. The number of hydrogen-bond donors (Lipinski definition) is 1. The molecular weight excluding hydrogens is 336 g/mol. The van der Waals surface area contributed by atoms with Crippen molar-refractivity contribution < 1.29 is 4.74 Å². The number of rotatable bonds is 4. The summed E-state index contributed by atoms with van der Waals surface area (Å²) in [5, 5.41) is 12.7. The van der Waals surface area contributed by atoms with E-state index in [0.29, 0.717) is 23.4 Å². The normalized spacial score (nSPS) is 16.6. The Morgan fingerprint density at radius 3 is 2.48 bits per heavy atom. The van der Waals surface area contributed by atoms with Crippen LogP contribution in [0.4, 0.5) is 5.95 Å². The van der Waals surface area contributed by atoms with Crippen molar-refractivity contribution in [2.45, 2.75) is 71.3 Å². The molecule has 0 atom stereocenters. The molecule has 27 heavy (non-hydrogen) atoms. The van der Waals surface area contributed by atoms with Gasteiger partial charge in [0.1, 0.15) is 5.75 Å². The maximum absolute atomic E-state index is 9.17. The summed E-state index contributed by atoms with van der Waals surface area (Å²) in [5.74, 6) is 2.17. The zero-order chi connectivity index (χ0) is 18.8. The van der Waals surface area contributed by atoms with Crippen molar-refractivity contribution in [2.24, 2.45) is 0 Å². The molecule has 2 aliphatic rings. The van der Waals surface area contributed by atoms with Crippen LogP contribution >= 0.6 is 0 Å². The Hall–Kier alpha value is -2.61. The number of benzene rings is 1. The number of anilines is 1. The van der Waals surface area contributed by atoms with Crippen LogP contribution in [0.2, 0.25) is 0 Å². The van der Waals surface area contributed by atoms with Gasteiger partial charge in [-0.2, -0.15) is 10.2 Å². The average Bonchev–Trinajstić information content (AvgIpc) is 3.14. The summed E-state index contributed by atoms with van der Waals surface area (Å²) < 4.78 is 6.31. The van der Waals surface area contributed by atoms with Crippen LogP contribution in [0.25, 0.3) is 0 Å². The molecule has 4 rings (SSSR count). The molecule has 1 N–H and O–H groups in total. The van der Waals surface area contributed by atoms with Gasteiger partial charge in [-0.25, -0.2) is 4.98 Å². The minimum Gasteiger partial charge on any atom is -0.438 e. The fourth-order valence-corrected chi connectivity index (χ4v) is 4.25. The molecule has 0 bridgehead atoms. The number of nitrogens with zero attached hydrogens (tertiary/aromatic N) is 3. The van der Waals surface area contributed by atoms with E-state index in [1.807, 2.05) is 26.0 Å². The third kappa shape index (κ3) is 3.75. The number of ether oxygens (including phenoxy) is 1. The molecule has 1 aromatic carbocycles. The number of aromatic nitrogens is 2. The van der Waals surface area contributed by atoms with Crippen LogP contribution < -0.4 is 10.1 Å². The lowest BCUT2D eigenvalue weighted by Crippen LogP contribution is -2.24. The van der Waals surface area contributed by atoms with Crippen molar-refractivity contribution in [3.63, 3.8) is 0 Å². The Morgan fingerprint density at radius 1 is 1.04 bits per heavy atom. The van der Waals surface area contributed by atoms with E-state index in [0.717, 1.165) is 47.4 Å². The van der Waals surface area contributed by atoms with Crippen LogP contribution in [0, 0.1) is 25.2 Å². The maximum Gasteiger partial charge on any atom is 0.227 e. The highest BCUT2D eigenvalue weighted by Crippen LogP contribution is 2.35. The number of aryl methyl sites for hydroxylation is 3. The van der Waals surface area contributed by atoms with Crippen LogP contribution in [0.3, 0.4) is 0 Å². The van der Waals surface area contributed by atoms with Crippen molar-refractivity contribution in [1.82, 2.24) is 9.97 Å². The van der Waals surface area contributed by atoms with Gasteiger partial charge >= 0.3 is 0 Å². The van der Waals surface area contributed by atoms with E-state index >= 15 is 0 Å².